The first-order valence-electron chi connectivity index (χ1n) is 27.4. The third kappa shape index (κ3) is 11.0. The number of aromatic hydroxyl groups is 3. The standard InChI is InChI=1S/C77H50O6/c78-65-31-17-51(18-32-65)9-13-55-41-56(14-10-52-19-33-66(79)34-20-52)44-71(43-55)82-69-39-27-59-47-63(29-25-61(59)49-69)77(75-7-3-1-5-73(75)74-6-2-4-8-76(74)77)64-30-26-62-50-70(40-28-60(62)48-64)83-72-45-57(15-11-53-21-35-67(80)36-22-53)42-58(46-72)16-12-54-23-37-68(81)38-24-54/h1-8,17-37,39-49,68,70,78-81H,38,50H2. The van der Waals surface area contributed by atoms with Gasteiger partial charge in [0, 0.05) is 50.9 Å². The fraction of sp³-hybridized carbons (Fsp3) is 0.0649. The highest BCUT2D eigenvalue weighted by atomic mass is 16.5. The van der Waals surface area contributed by atoms with Gasteiger partial charge in [-0.25, -0.2) is 0 Å². The number of ether oxygens (including phenoxy) is 2. The molecule has 0 bridgehead atoms. The molecule has 3 aliphatic carbocycles. The topological polar surface area (TPSA) is 99.4 Å². The Morgan fingerprint density at radius 1 is 0.410 bits per heavy atom. The summed E-state index contributed by atoms with van der Waals surface area (Å²) >= 11 is 0. The second-order valence-electron chi connectivity index (χ2n) is 20.8. The molecule has 6 heteroatoms. The van der Waals surface area contributed by atoms with Crippen LogP contribution in [0.3, 0.4) is 0 Å². The fourth-order valence-electron chi connectivity index (χ4n) is 11.1. The Labute approximate surface area is 482 Å². The molecular formula is C77H50O6. The summed E-state index contributed by atoms with van der Waals surface area (Å²) in [4.78, 5) is 0. The molecule has 0 heterocycles. The summed E-state index contributed by atoms with van der Waals surface area (Å²) in [6.07, 6.45) is 10.3. The molecular weight excluding hydrogens is 1020 g/mol. The predicted molar refractivity (Wildman–Crippen MR) is 328 cm³/mol. The minimum atomic E-state index is -0.645. The summed E-state index contributed by atoms with van der Waals surface area (Å²) in [5, 5.41) is 41.5. The maximum absolute atomic E-state index is 9.96. The Kier molecular flexibility index (Phi) is 13.7. The van der Waals surface area contributed by atoms with Crippen molar-refractivity contribution >= 4 is 16.8 Å². The minimum absolute atomic E-state index is 0.177. The zero-order chi connectivity index (χ0) is 56.3. The zero-order valence-corrected chi connectivity index (χ0v) is 44.8. The van der Waals surface area contributed by atoms with E-state index in [9.17, 15) is 20.4 Å². The van der Waals surface area contributed by atoms with Crippen LogP contribution >= 0.6 is 0 Å². The van der Waals surface area contributed by atoms with Crippen LogP contribution in [-0.4, -0.2) is 32.6 Å². The van der Waals surface area contributed by atoms with Crippen molar-refractivity contribution in [1.29, 1.82) is 0 Å². The normalized spacial score (nSPS) is 14.8. The van der Waals surface area contributed by atoms with Crippen LogP contribution in [0.25, 0.3) is 28.0 Å². The SMILES string of the molecule is Oc1ccc(C#Cc2cc(C#Cc3ccc(O)cc3)cc(Oc3ccc4cc(C5(c6ccc7c(c6)C=CC(Oc6cc(C#CC8=CCC(O)C=C8)cc(C#Cc8ccc(O)cc8)c6)C7)c6ccccc6-c6ccccc65)ccc4c3)c2)cc1. The van der Waals surface area contributed by atoms with Gasteiger partial charge in [0.15, 0.2) is 0 Å². The lowest BCUT2D eigenvalue weighted by Gasteiger charge is -2.35. The number of allylic oxidation sites excluding steroid dienone is 2. The molecule has 13 rings (SSSR count). The van der Waals surface area contributed by atoms with Crippen LogP contribution in [0, 0.1) is 47.4 Å². The van der Waals surface area contributed by atoms with E-state index < -0.39 is 11.5 Å². The number of hydrogen-bond donors (Lipinski definition) is 4. The van der Waals surface area contributed by atoms with Crippen molar-refractivity contribution in [1.82, 2.24) is 0 Å². The first-order valence-corrected chi connectivity index (χ1v) is 27.4. The second kappa shape index (κ2) is 22.2. The lowest BCUT2D eigenvalue weighted by atomic mass is 9.67. The van der Waals surface area contributed by atoms with E-state index in [1.807, 2.05) is 54.6 Å². The minimum Gasteiger partial charge on any atom is -0.508 e. The van der Waals surface area contributed by atoms with E-state index in [1.54, 1.807) is 78.9 Å². The molecule has 3 aliphatic rings. The number of hydrogen-bond acceptors (Lipinski definition) is 6. The molecule has 10 aromatic carbocycles. The summed E-state index contributed by atoms with van der Waals surface area (Å²) in [6.45, 7) is 0. The van der Waals surface area contributed by atoms with Crippen LogP contribution in [0.15, 0.2) is 242 Å². The maximum atomic E-state index is 9.96. The van der Waals surface area contributed by atoms with Gasteiger partial charge < -0.3 is 29.9 Å². The number of fused-ring (bicyclic) bond motifs is 5. The summed E-state index contributed by atoms with van der Waals surface area (Å²) in [6, 6.07) is 69.4. The molecule has 2 unspecified atom stereocenters. The number of benzene rings is 10. The number of aliphatic hydroxyl groups is 1. The highest BCUT2D eigenvalue weighted by Gasteiger charge is 2.46. The van der Waals surface area contributed by atoms with Crippen LogP contribution in [-0.2, 0) is 11.8 Å². The van der Waals surface area contributed by atoms with Crippen molar-refractivity contribution in [3.63, 3.8) is 0 Å². The van der Waals surface area contributed by atoms with E-state index in [0.29, 0.717) is 41.2 Å². The van der Waals surface area contributed by atoms with Crippen molar-refractivity contribution in [3.05, 3.63) is 315 Å². The van der Waals surface area contributed by atoms with Gasteiger partial charge in [-0.15, -0.1) is 0 Å². The quantitative estimate of drug-likeness (QED) is 0.124. The van der Waals surface area contributed by atoms with Crippen molar-refractivity contribution in [2.45, 2.75) is 30.5 Å². The van der Waals surface area contributed by atoms with E-state index in [-0.39, 0.29) is 23.4 Å². The molecule has 0 radical (unpaired) electrons. The maximum Gasteiger partial charge on any atom is 0.129 e. The van der Waals surface area contributed by atoms with Crippen LogP contribution < -0.4 is 9.47 Å². The third-order valence-electron chi connectivity index (χ3n) is 15.1. The first-order chi connectivity index (χ1) is 40.6. The lowest BCUT2D eigenvalue weighted by Crippen LogP contribution is -2.29. The van der Waals surface area contributed by atoms with Gasteiger partial charge in [0.05, 0.1) is 11.5 Å². The number of phenols is 3. The van der Waals surface area contributed by atoms with Crippen LogP contribution in [0.5, 0.6) is 34.5 Å². The number of phenolic OH excluding ortho intramolecular Hbond substituents is 3. The second-order valence-corrected chi connectivity index (χ2v) is 20.8. The van der Waals surface area contributed by atoms with E-state index in [0.717, 1.165) is 60.9 Å². The zero-order valence-electron chi connectivity index (χ0n) is 44.8. The van der Waals surface area contributed by atoms with Crippen molar-refractivity contribution in [3.8, 4) is 93.0 Å². The van der Waals surface area contributed by atoms with Gasteiger partial charge in [0.2, 0.25) is 0 Å². The van der Waals surface area contributed by atoms with Crippen LogP contribution in [0.1, 0.15) is 78.7 Å². The van der Waals surface area contributed by atoms with Crippen LogP contribution in [0.2, 0.25) is 0 Å². The number of aliphatic hydroxyl groups excluding tert-OH is 1. The van der Waals surface area contributed by atoms with Gasteiger partial charge in [0.25, 0.3) is 0 Å². The number of rotatable bonds is 6. The molecule has 2 atom stereocenters. The van der Waals surface area contributed by atoms with E-state index in [4.69, 9.17) is 9.47 Å². The summed E-state index contributed by atoms with van der Waals surface area (Å²) in [5.74, 6) is 28.4. The highest BCUT2D eigenvalue weighted by molar-refractivity contribution is 5.90. The molecule has 0 spiro atoms. The Hall–Kier alpha value is -11.1. The Bertz CT molecular complexity index is 4440. The fourth-order valence-corrected chi connectivity index (χ4v) is 11.1. The molecule has 0 amide bonds. The molecule has 0 aromatic heterocycles. The first kappa shape index (κ1) is 51.3. The molecule has 0 saturated carbocycles. The van der Waals surface area contributed by atoms with Gasteiger partial charge in [-0.2, -0.15) is 0 Å². The van der Waals surface area contributed by atoms with Gasteiger partial charge in [-0.05, 0) is 207 Å². The van der Waals surface area contributed by atoms with E-state index in [1.165, 1.54) is 27.8 Å². The molecule has 0 aliphatic heterocycles. The van der Waals surface area contributed by atoms with E-state index >= 15 is 0 Å². The molecule has 0 saturated heterocycles. The third-order valence-corrected chi connectivity index (χ3v) is 15.1. The largest absolute Gasteiger partial charge is 0.508 e. The predicted octanol–water partition coefficient (Wildman–Crippen LogP) is 14.9. The molecule has 6 nitrogen and oxygen atoms in total. The molecule has 0 fully saturated rings. The monoisotopic (exact) mass is 1070 g/mol. The van der Waals surface area contributed by atoms with Crippen LogP contribution in [0.4, 0.5) is 0 Å². The smallest absolute Gasteiger partial charge is 0.129 e. The molecule has 10 aromatic rings. The molecule has 83 heavy (non-hydrogen) atoms. The van der Waals surface area contributed by atoms with Gasteiger partial charge >= 0.3 is 0 Å². The van der Waals surface area contributed by atoms with Crippen molar-refractivity contribution < 1.29 is 29.9 Å². The Balaban J connectivity index is 0.819. The average Bonchev–Trinajstić information content (AvgIpc) is 1.72. The molecule has 394 valence electrons. The summed E-state index contributed by atoms with van der Waals surface area (Å²) in [5.41, 5.74) is 14.9. The van der Waals surface area contributed by atoms with Gasteiger partial charge in [-0.3, -0.25) is 0 Å². The van der Waals surface area contributed by atoms with E-state index in [2.05, 4.69) is 157 Å². The lowest BCUT2D eigenvalue weighted by molar-refractivity contribution is 0.225. The highest BCUT2D eigenvalue weighted by Crippen LogP contribution is 2.56. The van der Waals surface area contributed by atoms with Gasteiger partial charge in [0.1, 0.15) is 40.6 Å². The summed E-state index contributed by atoms with van der Waals surface area (Å²) in [7, 11) is 0. The summed E-state index contributed by atoms with van der Waals surface area (Å²) < 4.78 is 13.4. The van der Waals surface area contributed by atoms with Gasteiger partial charge in [-0.1, -0.05) is 144 Å². The van der Waals surface area contributed by atoms with Crippen molar-refractivity contribution in [2.75, 3.05) is 0 Å². The average molecular weight is 1070 g/mol. The van der Waals surface area contributed by atoms with Crippen molar-refractivity contribution in [2.24, 2.45) is 0 Å². The molecule has 4 N–H and O–H groups in total. The Morgan fingerprint density at radius 2 is 0.904 bits per heavy atom. The Morgan fingerprint density at radius 3 is 1.47 bits per heavy atom.